The number of aryl methyl sites for hydroxylation is 3. The van der Waals surface area contributed by atoms with E-state index in [0.29, 0.717) is 19.6 Å². The zero-order valence-corrected chi connectivity index (χ0v) is 18.1. The second-order valence-electron chi connectivity index (χ2n) is 7.40. The third kappa shape index (κ3) is 4.05. The number of hydrogen-bond acceptors (Lipinski definition) is 5. The Labute approximate surface area is 175 Å². The molecule has 0 unspecified atom stereocenters. The molecule has 4 rings (SSSR count). The number of hydrogen-bond donors (Lipinski definition) is 1. The number of thiophene rings is 1. The summed E-state index contributed by atoms with van der Waals surface area (Å²) in [7, 11) is 0. The van der Waals surface area contributed by atoms with Crippen LogP contribution in [0, 0.1) is 13.8 Å². The number of urea groups is 1. The van der Waals surface area contributed by atoms with E-state index in [0.717, 1.165) is 41.5 Å². The van der Waals surface area contributed by atoms with E-state index < -0.39 is 0 Å². The lowest BCUT2D eigenvalue weighted by molar-refractivity contribution is 0.194. The Morgan fingerprint density at radius 2 is 1.83 bits per heavy atom. The molecule has 29 heavy (non-hydrogen) atoms. The average molecular weight is 410 g/mol. The molecule has 3 heterocycles. The monoisotopic (exact) mass is 409 g/mol. The fourth-order valence-electron chi connectivity index (χ4n) is 3.67. The zero-order valence-electron chi connectivity index (χ0n) is 17.2. The number of carbonyl (C=O) groups excluding carboxylic acids is 1. The molecule has 0 spiro atoms. The molecule has 2 amide bonds. The zero-order chi connectivity index (χ0) is 20.4. The summed E-state index contributed by atoms with van der Waals surface area (Å²) in [6, 6.07) is 10.0. The van der Waals surface area contributed by atoms with E-state index in [-0.39, 0.29) is 6.03 Å². The van der Waals surface area contributed by atoms with Gasteiger partial charge in [-0.05, 0) is 25.0 Å². The number of benzene rings is 1. The predicted octanol–water partition coefficient (Wildman–Crippen LogP) is 3.90. The topological polar surface area (TPSA) is 61.4 Å². The molecular weight excluding hydrogens is 382 g/mol. The van der Waals surface area contributed by atoms with Crippen LogP contribution in [0.2, 0.25) is 0 Å². The van der Waals surface area contributed by atoms with Gasteiger partial charge in [0.1, 0.15) is 16.5 Å². The van der Waals surface area contributed by atoms with Crippen LogP contribution in [0.3, 0.4) is 0 Å². The van der Waals surface area contributed by atoms with Crippen LogP contribution >= 0.6 is 11.3 Å². The molecule has 6 nitrogen and oxygen atoms in total. The first-order valence-electron chi connectivity index (χ1n) is 10.1. The summed E-state index contributed by atoms with van der Waals surface area (Å²) < 4.78 is 0. The van der Waals surface area contributed by atoms with E-state index in [2.05, 4.69) is 31.0 Å². The minimum absolute atomic E-state index is 0.00172. The van der Waals surface area contributed by atoms with Crippen LogP contribution in [-0.4, -0.2) is 47.1 Å². The Morgan fingerprint density at radius 1 is 1.10 bits per heavy atom. The van der Waals surface area contributed by atoms with Gasteiger partial charge in [-0.1, -0.05) is 37.3 Å². The molecule has 1 aliphatic heterocycles. The highest BCUT2D eigenvalue weighted by atomic mass is 32.1. The smallest absolute Gasteiger partial charge is 0.317 e. The molecule has 1 fully saturated rings. The van der Waals surface area contributed by atoms with Crippen LogP contribution < -0.4 is 10.2 Å². The van der Waals surface area contributed by atoms with Crippen molar-refractivity contribution in [1.29, 1.82) is 0 Å². The van der Waals surface area contributed by atoms with Gasteiger partial charge in [0.25, 0.3) is 0 Å². The number of nitrogens with zero attached hydrogens (tertiary/aromatic N) is 4. The average Bonchev–Trinajstić information content (AvgIpc) is 3.05. The van der Waals surface area contributed by atoms with Crippen molar-refractivity contribution in [2.24, 2.45) is 0 Å². The largest absolute Gasteiger partial charge is 0.352 e. The quantitative estimate of drug-likeness (QED) is 0.710. The lowest BCUT2D eigenvalue weighted by atomic mass is 10.2. The molecule has 1 saturated heterocycles. The summed E-state index contributed by atoms with van der Waals surface area (Å²) in [4.78, 5) is 28.7. The van der Waals surface area contributed by atoms with Gasteiger partial charge in [-0.15, -0.1) is 11.3 Å². The first-order chi connectivity index (χ1) is 14.1. The standard InChI is InChI=1S/C22H27N5OS/c1-4-18-24-20(19-15(2)16(3)29-21(19)25-18)26-10-12-27(13-11-26)22(28)23-14-17-8-6-5-7-9-17/h5-9H,4,10-14H2,1-3H3,(H,23,28). The van der Waals surface area contributed by atoms with Gasteiger partial charge in [0.15, 0.2) is 0 Å². The number of fused-ring (bicyclic) bond motifs is 1. The van der Waals surface area contributed by atoms with Crippen LogP contribution in [0.15, 0.2) is 30.3 Å². The molecule has 0 atom stereocenters. The maximum absolute atomic E-state index is 12.6. The van der Waals surface area contributed by atoms with E-state index in [4.69, 9.17) is 9.97 Å². The van der Waals surface area contributed by atoms with Crippen molar-refractivity contribution in [3.05, 3.63) is 52.2 Å². The molecule has 0 aliphatic carbocycles. The van der Waals surface area contributed by atoms with Crippen molar-refractivity contribution in [1.82, 2.24) is 20.2 Å². The minimum Gasteiger partial charge on any atom is -0.352 e. The first kappa shape index (κ1) is 19.6. The SMILES string of the molecule is CCc1nc(N2CCN(C(=O)NCc3ccccc3)CC2)c2c(C)c(C)sc2n1. The lowest BCUT2D eigenvalue weighted by Gasteiger charge is -2.35. The summed E-state index contributed by atoms with van der Waals surface area (Å²) >= 11 is 1.74. The van der Waals surface area contributed by atoms with Crippen LogP contribution in [0.5, 0.6) is 0 Å². The number of anilines is 1. The van der Waals surface area contributed by atoms with E-state index in [1.807, 2.05) is 35.2 Å². The molecule has 1 N–H and O–H groups in total. The Hall–Kier alpha value is -2.67. The summed E-state index contributed by atoms with van der Waals surface area (Å²) in [6.07, 6.45) is 0.820. The lowest BCUT2D eigenvalue weighted by Crippen LogP contribution is -2.52. The summed E-state index contributed by atoms with van der Waals surface area (Å²) in [5.74, 6) is 1.91. The molecule has 0 saturated carbocycles. The van der Waals surface area contributed by atoms with Crippen LogP contribution in [-0.2, 0) is 13.0 Å². The van der Waals surface area contributed by atoms with E-state index in [1.54, 1.807) is 11.3 Å². The Bertz CT molecular complexity index is 1010. The molecular formula is C22H27N5OS. The van der Waals surface area contributed by atoms with Gasteiger partial charge >= 0.3 is 6.03 Å². The van der Waals surface area contributed by atoms with Crippen molar-refractivity contribution in [3.8, 4) is 0 Å². The van der Waals surface area contributed by atoms with Gasteiger partial charge in [-0.3, -0.25) is 0 Å². The van der Waals surface area contributed by atoms with E-state index in [9.17, 15) is 4.79 Å². The second kappa shape index (κ2) is 8.37. The van der Waals surface area contributed by atoms with Crippen molar-refractivity contribution in [2.75, 3.05) is 31.1 Å². The van der Waals surface area contributed by atoms with Gasteiger partial charge in [0.2, 0.25) is 0 Å². The van der Waals surface area contributed by atoms with E-state index >= 15 is 0 Å². The molecule has 3 aromatic rings. The molecule has 7 heteroatoms. The van der Waals surface area contributed by atoms with Gasteiger partial charge < -0.3 is 15.1 Å². The van der Waals surface area contributed by atoms with Crippen LogP contribution in [0.4, 0.5) is 10.6 Å². The molecule has 2 aromatic heterocycles. The fraction of sp³-hybridized carbons (Fsp3) is 0.409. The van der Waals surface area contributed by atoms with Crippen molar-refractivity contribution in [2.45, 2.75) is 33.7 Å². The second-order valence-corrected chi connectivity index (χ2v) is 8.60. The molecule has 0 radical (unpaired) electrons. The third-order valence-electron chi connectivity index (χ3n) is 5.53. The van der Waals surface area contributed by atoms with Crippen molar-refractivity contribution >= 4 is 33.4 Å². The number of nitrogens with one attached hydrogen (secondary N) is 1. The summed E-state index contributed by atoms with van der Waals surface area (Å²) in [5.41, 5.74) is 2.38. The number of aromatic nitrogens is 2. The molecule has 1 aromatic carbocycles. The van der Waals surface area contributed by atoms with Gasteiger partial charge in [0, 0.05) is 44.0 Å². The van der Waals surface area contributed by atoms with Crippen LogP contribution in [0.1, 0.15) is 28.8 Å². The Balaban J connectivity index is 1.45. The maximum Gasteiger partial charge on any atom is 0.317 e. The number of rotatable bonds is 4. The highest BCUT2D eigenvalue weighted by molar-refractivity contribution is 7.18. The Morgan fingerprint density at radius 3 is 2.52 bits per heavy atom. The van der Waals surface area contributed by atoms with Crippen LogP contribution in [0.25, 0.3) is 10.2 Å². The summed E-state index contributed by atoms with van der Waals surface area (Å²) in [5, 5.41) is 4.20. The maximum atomic E-state index is 12.6. The van der Waals surface area contributed by atoms with Crippen molar-refractivity contribution in [3.63, 3.8) is 0 Å². The molecule has 152 valence electrons. The third-order valence-corrected chi connectivity index (χ3v) is 6.63. The minimum atomic E-state index is -0.00172. The van der Waals surface area contributed by atoms with Gasteiger partial charge in [-0.2, -0.15) is 0 Å². The first-order valence-corrected chi connectivity index (χ1v) is 11.0. The molecule has 1 aliphatic rings. The fourth-order valence-corrected chi connectivity index (χ4v) is 4.71. The van der Waals surface area contributed by atoms with Gasteiger partial charge in [-0.25, -0.2) is 14.8 Å². The highest BCUT2D eigenvalue weighted by Gasteiger charge is 2.25. The van der Waals surface area contributed by atoms with Crippen molar-refractivity contribution < 1.29 is 4.79 Å². The number of carbonyl (C=O) groups is 1. The summed E-state index contributed by atoms with van der Waals surface area (Å²) in [6.45, 7) is 9.88. The number of amides is 2. The van der Waals surface area contributed by atoms with E-state index in [1.165, 1.54) is 15.8 Å². The Kier molecular flexibility index (Phi) is 5.67. The normalized spacial score (nSPS) is 14.4. The van der Waals surface area contributed by atoms with Gasteiger partial charge in [0.05, 0.1) is 5.39 Å². The molecule has 0 bridgehead atoms. The number of piperazine rings is 1. The highest BCUT2D eigenvalue weighted by Crippen LogP contribution is 2.35. The predicted molar refractivity (Wildman–Crippen MR) is 119 cm³/mol.